The molecule has 1 N–H and O–H groups in total. The molecule has 0 saturated carbocycles. The van der Waals surface area contributed by atoms with Gasteiger partial charge in [-0.3, -0.25) is 4.55 Å². The van der Waals surface area contributed by atoms with Crippen molar-refractivity contribution < 1.29 is 17.7 Å². The first-order valence-corrected chi connectivity index (χ1v) is 5.21. The summed E-state index contributed by atoms with van der Waals surface area (Å²) in [6.45, 7) is 1.51. The lowest BCUT2D eigenvalue weighted by Crippen LogP contribution is -1.99. The largest absolute Gasteiger partial charge is 0.448 e. The average molecular weight is 221 g/mol. The van der Waals surface area contributed by atoms with E-state index in [-0.39, 0.29) is 9.92 Å². The second kappa shape index (κ2) is 2.37. The van der Waals surface area contributed by atoms with Crippen molar-refractivity contribution in [3.05, 3.63) is 16.7 Å². The molecule has 0 fully saturated rings. The van der Waals surface area contributed by atoms with E-state index in [4.69, 9.17) is 20.9 Å². The number of benzene rings is 1. The van der Waals surface area contributed by atoms with Crippen LogP contribution in [0.5, 0.6) is 11.5 Å². The maximum atomic E-state index is 10.8. The lowest BCUT2D eigenvalue weighted by Gasteiger charge is -1.99. The van der Waals surface area contributed by atoms with Gasteiger partial charge in [-0.05, 0) is 12.5 Å². The first kappa shape index (κ1) is 8.80. The van der Waals surface area contributed by atoms with Crippen molar-refractivity contribution in [2.24, 2.45) is 0 Å². The smallest absolute Gasteiger partial charge is 0.294 e. The van der Waals surface area contributed by atoms with Crippen molar-refractivity contribution in [3.63, 3.8) is 0 Å². The Labute approximate surface area is 79.8 Å². The van der Waals surface area contributed by atoms with Crippen molar-refractivity contribution in [1.82, 2.24) is 0 Å². The van der Waals surface area contributed by atoms with E-state index in [2.05, 4.69) is 0 Å². The van der Waals surface area contributed by atoms with Gasteiger partial charge in [0.25, 0.3) is 10.1 Å². The molecule has 4 nitrogen and oxygen atoms in total. The molecule has 0 aromatic heterocycles. The molecular formula is C7H5ClO4S. The van der Waals surface area contributed by atoms with E-state index >= 15 is 0 Å². The minimum Gasteiger partial charge on any atom is -0.448 e. The molecule has 0 saturated heterocycles. The highest BCUT2D eigenvalue weighted by Gasteiger charge is 2.30. The molecule has 1 aliphatic rings. The Morgan fingerprint density at radius 2 is 2.15 bits per heavy atom. The van der Waals surface area contributed by atoms with E-state index in [1.54, 1.807) is 0 Å². The molecule has 1 heterocycles. The van der Waals surface area contributed by atoms with Crippen LogP contribution in [0.15, 0.2) is 11.0 Å². The molecular weight excluding hydrogens is 216 g/mol. The van der Waals surface area contributed by atoms with Crippen molar-refractivity contribution in [3.8, 4) is 11.5 Å². The van der Waals surface area contributed by atoms with Gasteiger partial charge in [-0.2, -0.15) is 8.42 Å². The van der Waals surface area contributed by atoms with Gasteiger partial charge in [0.05, 0.1) is 5.02 Å². The van der Waals surface area contributed by atoms with Crippen LogP contribution in [-0.4, -0.2) is 13.0 Å². The second-order valence-corrected chi connectivity index (χ2v) is 4.49. The topological polar surface area (TPSA) is 66.9 Å². The van der Waals surface area contributed by atoms with Crippen molar-refractivity contribution >= 4 is 21.7 Å². The maximum absolute atomic E-state index is 10.8. The third-order valence-electron chi connectivity index (χ3n) is 1.83. The van der Waals surface area contributed by atoms with Gasteiger partial charge >= 0.3 is 0 Å². The summed E-state index contributed by atoms with van der Waals surface area (Å²) in [7, 11) is -4.21. The van der Waals surface area contributed by atoms with Crippen LogP contribution in [0.3, 0.4) is 0 Å². The number of halogens is 1. The molecule has 0 radical (unpaired) electrons. The molecule has 0 spiro atoms. The van der Waals surface area contributed by atoms with E-state index in [9.17, 15) is 8.42 Å². The summed E-state index contributed by atoms with van der Waals surface area (Å²) in [4.78, 5) is -0.200. The quantitative estimate of drug-likeness (QED) is 0.590. The van der Waals surface area contributed by atoms with Gasteiger partial charge in [0.15, 0.2) is 11.5 Å². The predicted molar refractivity (Wildman–Crippen MR) is 46.1 cm³/mol. The molecule has 6 heteroatoms. The summed E-state index contributed by atoms with van der Waals surface area (Å²) in [5.41, 5.74) is 0.306. The van der Waals surface area contributed by atoms with E-state index in [0.717, 1.165) is 0 Å². The Hall–Kier alpha value is -0.780. The Balaban J connectivity index is 2.76. The third-order valence-corrected chi connectivity index (χ3v) is 3.27. The van der Waals surface area contributed by atoms with Gasteiger partial charge in [-0.1, -0.05) is 11.6 Å². The van der Waals surface area contributed by atoms with Crippen molar-refractivity contribution in [2.45, 2.75) is 11.8 Å². The molecule has 0 amide bonds. The van der Waals surface area contributed by atoms with Crippen LogP contribution in [0.4, 0.5) is 0 Å². The monoisotopic (exact) mass is 220 g/mol. The minimum absolute atomic E-state index is 0.200. The lowest BCUT2D eigenvalue weighted by atomic mass is 10.2. The minimum atomic E-state index is -4.21. The van der Waals surface area contributed by atoms with Crippen LogP contribution in [0.2, 0.25) is 5.02 Å². The zero-order valence-electron chi connectivity index (χ0n) is 6.54. The summed E-state index contributed by atoms with van der Waals surface area (Å²) in [6.07, 6.45) is 0. The summed E-state index contributed by atoms with van der Waals surface area (Å²) in [5.74, 6) is 0.898. The lowest BCUT2D eigenvalue weighted by molar-refractivity contribution is 0.482. The molecule has 0 unspecified atom stereocenters. The molecule has 2 rings (SSSR count). The number of hydrogen-bond donors (Lipinski definition) is 1. The third kappa shape index (κ3) is 1.29. The Bertz CT molecular complexity index is 492. The number of rotatable bonds is 1. The first-order chi connectivity index (χ1) is 5.91. The van der Waals surface area contributed by atoms with Crippen LogP contribution in [0.1, 0.15) is 5.56 Å². The zero-order chi connectivity index (χ0) is 9.80. The fourth-order valence-corrected chi connectivity index (χ4v) is 2.14. The fourth-order valence-electron chi connectivity index (χ4n) is 1.11. The fraction of sp³-hybridized carbons (Fsp3) is 0.143. The van der Waals surface area contributed by atoms with Crippen LogP contribution in [-0.2, 0) is 10.1 Å². The first-order valence-electron chi connectivity index (χ1n) is 3.39. The van der Waals surface area contributed by atoms with Crippen molar-refractivity contribution in [2.75, 3.05) is 0 Å². The molecule has 0 atom stereocenters. The van der Waals surface area contributed by atoms with Gasteiger partial charge in [-0.15, -0.1) is 0 Å². The maximum Gasteiger partial charge on any atom is 0.294 e. The van der Waals surface area contributed by atoms with Gasteiger partial charge in [-0.25, -0.2) is 0 Å². The molecule has 13 heavy (non-hydrogen) atoms. The standard InChI is InChI=1S/C7H5ClO4S/c1-3-5(13(9,10)11)2-4-7(12-4)6(3)8/h2H,1H3,(H,9,10,11). The van der Waals surface area contributed by atoms with Gasteiger partial charge in [0.1, 0.15) is 4.90 Å². The van der Waals surface area contributed by atoms with Gasteiger partial charge in [0, 0.05) is 6.07 Å². The highest BCUT2D eigenvalue weighted by atomic mass is 35.5. The van der Waals surface area contributed by atoms with E-state index in [0.29, 0.717) is 17.1 Å². The summed E-state index contributed by atoms with van der Waals surface area (Å²) in [5, 5.41) is 0.241. The summed E-state index contributed by atoms with van der Waals surface area (Å²) in [6, 6.07) is 1.26. The summed E-state index contributed by atoms with van der Waals surface area (Å²) < 4.78 is 35.3. The Kier molecular flexibility index (Phi) is 1.61. The molecule has 0 aliphatic carbocycles. The van der Waals surface area contributed by atoms with Crippen molar-refractivity contribution in [1.29, 1.82) is 0 Å². The van der Waals surface area contributed by atoms with Crippen LogP contribution < -0.4 is 4.74 Å². The highest BCUT2D eigenvalue weighted by Crippen LogP contribution is 2.53. The zero-order valence-corrected chi connectivity index (χ0v) is 8.11. The Morgan fingerprint density at radius 3 is 2.69 bits per heavy atom. The van der Waals surface area contributed by atoms with Crippen LogP contribution in [0.25, 0.3) is 0 Å². The Morgan fingerprint density at radius 1 is 1.54 bits per heavy atom. The molecule has 1 aromatic carbocycles. The molecule has 0 bridgehead atoms. The van der Waals surface area contributed by atoms with Crippen LogP contribution in [0, 0.1) is 6.92 Å². The highest BCUT2D eigenvalue weighted by molar-refractivity contribution is 7.85. The summed E-state index contributed by atoms with van der Waals surface area (Å²) >= 11 is 5.74. The molecule has 1 aliphatic heterocycles. The number of hydrogen-bond acceptors (Lipinski definition) is 3. The number of ether oxygens (including phenoxy) is 1. The second-order valence-electron chi connectivity index (χ2n) is 2.72. The van der Waals surface area contributed by atoms with E-state index in [1.165, 1.54) is 13.0 Å². The average Bonchev–Trinajstić information content (AvgIpc) is 2.73. The van der Waals surface area contributed by atoms with Gasteiger partial charge < -0.3 is 4.74 Å². The van der Waals surface area contributed by atoms with Gasteiger partial charge in [0.2, 0.25) is 0 Å². The normalized spacial score (nSPS) is 13.5. The van der Waals surface area contributed by atoms with Crippen LogP contribution >= 0.6 is 11.6 Å². The number of fused-ring (bicyclic) bond motifs is 1. The SMILES string of the molecule is Cc1c(S(=O)(=O)O)cc2c(c1Cl)O2. The molecule has 70 valence electrons. The van der Waals surface area contributed by atoms with E-state index in [1.807, 2.05) is 0 Å². The molecule has 1 aromatic rings. The van der Waals surface area contributed by atoms with E-state index < -0.39 is 10.1 Å². The predicted octanol–water partition coefficient (Wildman–Crippen LogP) is 2.00.